The van der Waals surface area contributed by atoms with Gasteiger partial charge in [-0.3, -0.25) is 5.10 Å². The maximum atomic E-state index is 14.6. The molecule has 3 aromatic rings. The summed E-state index contributed by atoms with van der Waals surface area (Å²) in [4.78, 5) is 1.10. The molecule has 28 heavy (non-hydrogen) atoms. The SMILES string of the molecule is Cc1ccc(SCc2[nH]nc3c2[C@@H](c2ccccc2F)C(C#N)=C(N)O3)cc1. The fraction of sp³-hybridized carbons (Fsp3) is 0.143. The van der Waals surface area contributed by atoms with Crippen molar-refractivity contribution < 1.29 is 9.13 Å². The first-order valence-electron chi connectivity index (χ1n) is 8.67. The maximum absolute atomic E-state index is 14.6. The fourth-order valence-electron chi connectivity index (χ4n) is 3.23. The quantitative estimate of drug-likeness (QED) is 0.644. The Balaban J connectivity index is 1.74. The molecule has 0 radical (unpaired) electrons. The number of benzene rings is 2. The summed E-state index contributed by atoms with van der Waals surface area (Å²) in [5, 5.41) is 16.8. The number of nitrogens with one attached hydrogen (secondary N) is 1. The monoisotopic (exact) mass is 392 g/mol. The van der Waals surface area contributed by atoms with Crippen LogP contribution in [0.4, 0.5) is 4.39 Å². The van der Waals surface area contributed by atoms with Crippen LogP contribution in [-0.2, 0) is 5.75 Å². The lowest BCUT2D eigenvalue weighted by molar-refractivity contribution is 0.378. The Morgan fingerprint density at radius 1 is 1.25 bits per heavy atom. The summed E-state index contributed by atoms with van der Waals surface area (Å²) in [7, 11) is 0. The molecular weight excluding hydrogens is 375 g/mol. The molecule has 0 saturated carbocycles. The largest absolute Gasteiger partial charge is 0.420 e. The zero-order valence-corrected chi connectivity index (χ0v) is 15.9. The lowest BCUT2D eigenvalue weighted by atomic mass is 9.84. The van der Waals surface area contributed by atoms with E-state index in [-0.39, 0.29) is 17.3 Å². The number of nitriles is 1. The molecule has 1 aliphatic heterocycles. The van der Waals surface area contributed by atoms with E-state index in [1.807, 2.05) is 31.2 Å². The first-order chi connectivity index (χ1) is 13.6. The van der Waals surface area contributed by atoms with E-state index in [0.717, 1.165) is 10.6 Å². The second-order valence-corrected chi connectivity index (χ2v) is 7.52. The van der Waals surface area contributed by atoms with E-state index >= 15 is 0 Å². The molecule has 140 valence electrons. The summed E-state index contributed by atoms with van der Waals surface area (Å²) in [6.07, 6.45) is 0. The second kappa shape index (κ2) is 7.41. The van der Waals surface area contributed by atoms with E-state index < -0.39 is 11.7 Å². The molecule has 1 atom stereocenters. The molecule has 0 bridgehead atoms. The van der Waals surface area contributed by atoms with Gasteiger partial charge >= 0.3 is 0 Å². The molecule has 5 nitrogen and oxygen atoms in total. The number of aromatic nitrogens is 2. The predicted octanol–water partition coefficient (Wildman–Crippen LogP) is 4.37. The van der Waals surface area contributed by atoms with E-state index in [1.165, 1.54) is 11.6 Å². The number of ether oxygens (including phenoxy) is 1. The highest BCUT2D eigenvalue weighted by Gasteiger charge is 2.36. The van der Waals surface area contributed by atoms with Crippen molar-refractivity contribution >= 4 is 11.8 Å². The van der Waals surface area contributed by atoms with Crippen LogP contribution in [-0.4, -0.2) is 10.2 Å². The van der Waals surface area contributed by atoms with Crippen LogP contribution in [0.3, 0.4) is 0 Å². The first kappa shape index (κ1) is 18.1. The molecule has 0 saturated heterocycles. The van der Waals surface area contributed by atoms with Gasteiger partial charge in [0.1, 0.15) is 17.5 Å². The van der Waals surface area contributed by atoms with Gasteiger partial charge in [0.2, 0.25) is 11.8 Å². The van der Waals surface area contributed by atoms with Crippen LogP contribution in [0.25, 0.3) is 0 Å². The Hall–Kier alpha value is -3.24. The molecular formula is C21H17FN4OS. The van der Waals surface area contributed by atoms with Gasteiger partial charge in [0, 0.05) is 16.2 Å². The second-order valence-electron chi connectivity index (χ2n) is 6.47. The minimum Gasteiger partial charge on any atom is -0.420 e. The Morgan fingerprint density at radius 2 is 2.00 bits per heavy atom. The Labute approximate surface area is 166 Å². The van der Waals surface area contributed by atoms with Crippen LogP contribution >= 0.6 is 11.8 Å². The molecule has 0 fully saturated rings. The molecule has 4 rings (SSSR count). The number of nitrogens with two attached hydrogens (primary N) is 1. The number of thioether (sulfide) groups is 1. The highest BCUT2D eigenvalue weighted by atomic mass is 32.2. The predicted molar refractivity (Wildman–Crippen MR) is 105 cm³/mol. The van der Waals surface area contributed by atoms with Crippen LogP contribution in [0.5, 0.6) is 5.88 Å². The van der Waals surface area contributed by atoms with Gasteiger partial charge in [-0.25, -0.2) is 4.39 Å². The zero-order chi connectivity index (χ0) is 19.7. The number of aromatic amines is 1. The normalized spacial score (nSPS) is 15.7. The van der Waals surface area contributed by atoms with Crippen molar-refractivity contribution in [3.05, 3.63) is 88.2 Å². The molecule has 1 aliphatic rings. The van der Waals surface area contributed by atoms with Crippen LogP contribution in [0, 0.1) is 24.1 Å². The first-order valence-corrected chi connectivity index (χ1v) is 9.65. The summed E-state index contributed by atoms with van der Waals surface area (Å²) < 4.78 is 20.1. The summed E-state index contributed by atoms with van der Waals surface area (Å²) in [6, 6.07) is 16.7. The van der Waals surface area contributed by atoms with Crippen molar-refractivity contribution in [1.29, 1.82) is 5.26 Å². The smallest absolute Gasteiger partial charge is 0.244 e. The third kappa shape index (κ3) is 3.23. The number of rotatable bonds is 4. The molecule has 0 unspecified atom stereocenters. The average molecular weight is 392 g/mol. The molecule has 0 aliphatic carbocycles. The zero-order valence-electron chi connectivity index (χ0n) is 15.1. The molecule has 3 N–H and O–H groups in total. The van der Waals surface area contributed by atoms with E-state index in [2.05, 4.69) is 16.3 Å². The van der Waals surface area contributed by atoms with Crippen molar-refractivity contribution in [2.75, 3.05) is 0 Å². The summed E-state index contributed by atoms with van der Waals surface area (Å²) in [6.45, 7) is 2.04. The van der Waals surface area contributed by atoms with Crippen LogP contribution < -0.4 is 10.5 Å². The topological polar surface area (TPSA) is 87.7 Å². The van der Waals surface area contributed by atoms with Gasteiger partial charge in [-0.15, -0.1) is 16.9 Å². The number of nitrogens with zero attached hydrogens (tertiary/aromatic N) is 2. The van der Waals surface area contributed by atoms with Crippen molar-refractivity contribution in [2.24, 2.45) is 5.73 Å². The molecule has 2 heterocycles. The number of halogens is 1. The van der Waals surface area contributed by atoms with Gasteiger partial charge in [0.25, 0.3) is 0 Å². The molecule has 0 spiro atoms. The standard InChI is InChI=1S/C21H17FN4OS/c1-12-6-8-13(9-7-12)28-11-17-19-18(14-4-2-3-5-16(14)22)15(10-23)20(24)27-21(19)26-25-17/h2-9,18H,11,24H2,1H3,(H,25,26)/t18-/m0/s1. The minimum absolute atomic E-state index is 0.0486. The molecule has 7 heteroatoms. The highest BCUT2D eigenvalue weighted by molar-refractivity contribution is 7.98. The van der Waals surface area contributed by atoms with Crippen LogP contribution in [0.15, 0.2) is 64.9 Å². The van der Waals surface area contributed by atoms with Crippen molar-refractivity contribution in [2.45, 2.75) is 23.5 Å². The third-order valence-corrected chi connectivity index (χ3v) is 5.68. The minimum atomic E-state index is -0.665. The highest BCUT2D eigenvalue weighted by Crippen LogP contribution is 2.44. The van der Waals surface area contributed by atoms with E-state index in [1.54, 1.807) is 30.0 Å². The third-order valence-electron chi connectivity index (χ3n) is 4.64. The molecule has 1 aromatic heterocycles. The van der Waals surface area contributed by atoms with Crippen LogP contribution in [0.1, 0.15) is 28.3 Å². The summed E-state index contributed by atoms with van der Waals surface area (Å²) in [5.41, 5.74) is 9.09. The van der Waals surface area contributed by atoms with Gasteiger partial charge in [-0.1, -0.05) is 35.9 Å². The van der Waals surface area contributed by atoms with Gasteiger partial charge in [-0.2, -0.15) is 5.26 Å². The number of H-pyrrole nitrogens is 1. The average Bonchev–Trinajstić information content (AvgIpc) is 3.09. The van der Waals surface area contributed by atoms with E-state index in [4.69, 9.17) is 10.5 Å². The van der Waals surface area contributed by atoms with Gasteiger partial charge < -0.3 is 10.5 Å². The van der Waals surface area contributed by atoms with E-state index in [9.17, 15) is 9.65 Å². The Bertz CT molecular complexity index is 1100. The van der Waals surface area contributed by atoms with Crippen molar-refractivity contribution in [1.82, 2.24) is 10.2 Å². The summed E-state index contributed by atoms with van der Waals surface area (Å²) in [5.74, 6) is -0.267. The maximum Gasteiger partial charge on any atom is 0.244 e. The summed E-state index contributed by atoms with van der Waals surface area (Å²) >= 11 is 1.62. The molecule has 2 aromatic carbocycles. The number of allylic oxidation sites excluding steroid dienone is 1. The number of hydrogen-bond acceptors (Lipinski definition) is 5. The Morgan fingerprint density at radius 3 is 2.71 bits per heavy atom. The van der Waals surface area contributed by atoms with Crippen molar-refractivity contribution in [3.8, 4) is 11.9 Å². The lowest BCUT2D eigenvalue weighted by Crippen LogP contribution is -2.21. The van der Waals surface area contributed by atoms with Crippen LogP contribution in [0.2, 0.25) is 0 Å². The van der Waals surface area contributed by atoms with Gasteiger partial charge in [-0.05, 0) is 25.1 Å². The Kier molecular flexibility index (Phi) is 4.80. The number of aryl methyl sites for hydroxylation is 1. The van der Waals surface area contributed by atoms with Gasteiger partial charge in [0.15, 0.2) is 0 Å². The van der Waals surface area contributed by atoms with Crippen molar-refractivity contribution in [3.63, 3.8) is 0 Å². The molecule has 0 amide bonds. The lowest BCUT2D eigenvalue weighted by Gasteiger charge is -2.24. The van der Waals surface area contributed by atoms with Gasteiger partial charge in [0.05, 0.1) is 17.2 Å². The number of fused-ring (bicyclic) bond motifs is 1. The number of hydrogen-bond donors (Lipinski definition) is 2. The fourth-order valence-corrected chi connectivity index (χ4v) is 4.09. The van der Waals surface area contributed by atoms with E-state index in [0.29, 0.717) is 16.9 Å².